The molecule has 0 radical (unpaired) electrons. The summed E-state index contributed by atoms with van der Waals surface area (Å²) in [6.45, 7) is 0.538. The number of amides is 1. The van der Waals surface area contributed by atoms with Crippen molar-refractivity contribution >= 4 is 27.5 Å². The molecule has 6 rings (SSSR count). The summed E-state index contributed by atoms with van der Waals surface area (Å²) in [6.07, 6.45) is 0.685. The fourth-order valence-corrected chi connectivity index (χ4v) is 6.08. The Labute approximate surface area is 245 Å². The summed E-state index contributed by atoms with van der Waals surface area (Å²) in [4.78, 5) is 16.1. The first kappa shape index (κ1) is 27.3. The van der Waals surface area contributed by atoms with Gasteiger partial charge in [-0.3, -0.25) is 4.79 Å². The molecule has 0 saturated carbocycles. The highest BCUT2D eigenvalue weighted by Crippen LogP contribution is 2.47. The number of rotatable bonds is 7. The number of nitrogens with zero attached hydrogens (tertiary/aromatic N) is 1. The van der Waals surface area contributed by atoms with E-state index in [0.717, 1.165) is 44.0 Å². The molecule has 0 saturated heterocycles. The minimum atomic E-state index is -0.409. The Kier molecular flexibility index (Phi) is 7.25. The second kappa shape index (κ2) is 11.2. The quantitative estimate of drug-likeness (QED) is 0.202. The van der Waals surface area contributed by atoms with Gasteiger partial charge in [-0.05, 0) is 99.3 Å². The second-order valence-corrected chi connectivity index (χ2v) is 10.2. The van der Waals surface area contributed by atoms with Crippen molar-refractivity contribution in [1.82, 2.24) is 4.90 Å². The zero-order valence-electron chi connectivity index (χ0n) is 24.4. The van der Waals surface area contributed by atoms with E-state index in [1.54, 1.807) is 35.5 Å². The minimum absolute atomic E-state index is 0.0375. The molecule has 5 aromatic carbocycles. The number of hydrogen-bond acceptors (Lipinski definition) is 6. The molecule has 214 valence electrons. The maximum Gasteiger partial charge on any atom is 0.254 e. The van der Waals surface area contributed by atoms with Crippen molar-refractivity contribution in [3.63, 3.8) is 0 Å². The first-order chi connectivity index (χ1) is 20.5. The SMILES string of the molecule is COc1ccc2cc(C3c4cc(OC)c(OC)cc4CCN3C(=O)c3ccccc3)c3cc(OC)c(OC)cc3c2c1. The van der Waals surface area contributed by atoms with Gasteiger partial charge in [0.15, 0.2) is 23.0 Å². The summed E-state index contributed by atoms with van der Waals surface area (Å²) in [5, 5.41) is 3.95. The molecule has 7 nitrogen and oxygen atoms in total. The number of methoxy groups -OCH3 is 5. The van der Waals surface area contributed by atoms with E-state index in [2.05, 4.69) is 12.1 Å². The lowest BCUT2D eigenvalue weighted by atomic mass is 9.83. The first-order valence-corrected chi connectivity index (χ1v) is 13.8. The molecule has 7 heteroatoms. The van der Waals surface area contributed by atoms with Gasteiger partial charge in [0, 0.05) is 12.1 Å². The fraction of sp³-hybridized carbons (Fsp3) is 0.229. The molecule has 1 aliphatic rings. The summed E-state index contributed by atoms with van der Waals surface area (Å²) < 4.78 is 28.4. The topological polar surface area (TPSA) is 66.5 Å². The molecular weight excluding hydrogens is 530 g/mol. The average molecular weight is 564 g/mol. The maximum atomic E-state index is 14.2. The van der Waals surface area contributed by atoms with Crippen LogP contribution in [0, 0.1) is 0 Å². The van der Waals surface area contributed by atoms with Gasteiger partial charge in [0.2, 0.25) is 0 Å². The standard InChI is InChI=1S/C35H33NO6/c1-38-24-12-11-22-15-29(28-20-33(42-5)32(41-4)19-27(28)25(22)17-24)34-26-18-31(40-3)30(39-2)16-23(26)13-14-36(34)35(37)21-9-7-6-8-10-21/h6-12,15-20,34H,13-14H2,1-5H3. The molecular formula is C35H33NO6. The number of benzene rings is 5. The molecule has 1 atom stereocenters. The van der Waals surface area contributed by atoms with Crippen LogP contribution in [0.25, 0.3) is 21.5 Å². The molecule has 0 fully saturated rings. The van der Waals surface area contributed by atoms with Gasteiger partial charge >= 0.3 is 0 Å². The zero-order chi connectivity index (χ0) is 29.4. The molecule has 0 aromatic heterocycles. The van der Waals surface area contributed by atoms with Gasteiger partial charge in [-0.25, -0.2) is 0 Å². The Bertz CT molecular complexity index is 1800. The van der Waals surface area contributed by atoms with Gasteiger partial charge in [-0.1, -0.05) is 24.3 Å². The van der Waals surface area contributed by atoms with E-state index in [-0.39, 0.29) is 5.91 Å². The van der Waals surface area contributed by atoms with Crippen LogP contribution in [0.2, 0.25) is 0 Å². The van der Waals surface area contributed by atoms with Crippen LogP contribution in [0.15, 0.2) is 78.9 Å². The minimum Gasteiger partial charge on any atom is -0.497 e. The summed E-state index contributed by atoms with van der Waals surface area (Å²) in [7, 11) is 8.19. The number of carbonyl (C=O) groups excluding carboxylic acids is 1. The third kappa shape index (κ3) is 4.51. The second-order valence-electron chi connectivity index (χ2n) is 10.2. The summed E-state index contributed by atoms with van der Waals surface area (Å²) >= 11 is 0. The molecule has 1 unspecified atom stereocenters. The van der Waals surface area contributed by atoms with Gasteiger partial charge < -0.3 is 28.6 Å². The first-order valence-electron chi connectivity index (χ1n) is 13.8. The van der Waals surface area contributed by atoms with E-state index in [1.165, 1.54) is 0 Å². The van der Waals surface area contributed by atoms with E-state index >= 15 is 0 Å². The van der Waals surface area contributed by atoms with E-state index in [0.29, 0.717) is 41.5 Å². The Hall–Kier alpha value is -4.91. The van der Waals surface area contributed by atoms with Crippen LogP contribution < -0.4 is 23.7 Å². The lowest BCUT2D eigenvalue weighted by molar-refractivity contribution is 0.0695. The third-order valence-corrected chi connectivity index (χ3v) is 8.15. The Morgan fingerprint density at radius 1 is 0.643 bits per heavy atom. The normalized spacial score (nSPS) is 14.4. The fourth-order valence-electron chi connectivity index (χ4n) is 6.08. The molecule has 0 aliphatic carbocycles. The summed E-state index contributed by atoms with van der Waals surface area (Å²) in [6, 6.07) is 25.3. The number of fused-ring (bicyclic) bond motifs is 4. The molecule has 1 amide bonds. The third-order valence-electron chi connectivity index (χ3n) is 8.15. The van der Waals surface area contributed by atoms with Crippen molar-refractivity contribution in [2.75, 3.05) is 42.1 Å². The number of hydrogen-bond donors (Lipinski definition) is 0. The Balaban J connectivity index is 1.69. The van der Waals surface area contributed by atoms with Crippen molar-refractivity contribution in [2.45, 2.75) is 12.5 Å². The van der Waals surface area contributed by atoms with Crippen LogP contribution >= 0.6 is 0 Å². The monoisotopic (exact) mass is 563 g/mol. The predicted molar refractivity (Wildman–Crippen MR) is 164 cm³/mol. The van der Waals surface area contributed by atoms with Gasteiger partial charge in [-0.2, -0.15) is 0 Å². The molecule has 1 heterocycles. The molecule has 0 spiro atoms. The van der Waals surface area contributed by atoms with Crippen LogP contribution in [-0.2, 0) is 6.42 Å². The highest BCUT2D eigenvalue weighted by Gasteiger charge is 2.35. The molecule has 0 bridgehead atoms. The van der Waals surface area contributed by atoms with Crippen LogP contribution in [-0.4, -0.2) is 52.9 Å². The smallest absolute Gasteiger partial charge is 0.254 e. The van der Waals surface area contributed by atoms with Crippen LogP contribution in [0.4, 0.5) is 0 Å². The van der Waals surface area contributed by atoms with Gasteiger partial charge in [-0.15, -0.1) is 0 Å². The number of carbonyl (C=O) groups is 1. The van der Waals surface area contributed by atoms with Crippen molar-refractivity contribution in [3.8, 4) is 28.7 Å². The average Bonchev–Trinajstić information content (AvgIpc) is 3.05. The van der Waals surface area contributed by atoms with Crippen molar-refractivity contribution in [3.05, 3.63) is 101 Å². The predicted octanol–water partition coefficient (Wildman–Crippen LogP) is 6.82. The van der Waals surface area contributed by atoms with Crippen LogP contribution in [0.1, 0.15) is 33.1 Å². The molecule has 42 heavy (non-hydrogen) atoms. The van der Waals surface area contributed by atoms with E-state index in [4.69, 9.17) is 23.7 Å². The van der Waals surface area contributed by atoms with E-state index in [1.807, 2.05) is 71.6 Å². The van der Waals surface area contributed by atoms with E-state index in [9.17, 15) is 4.79 Å². The molecule has 1 aliphatic heterocycles. The van der Waals surface area contributed by atoms with Gasteiger partial charge in [0.05, 0.1) is 41.6 Å². The van der Waals surface area contributed by atoms with Crippen LogP contribution in [0.3, 0.4) is 0 Å². The molecule has 5 aromatic rings. The van der Waals surface area contributed by atoms with Crippen molar-refractivity contribution in [1.29, 1.82) is 0 Å². The largest absolute Gasteiger partial charge is 0.497 e. The zero-order valence-corrected chi connectivity index (χ0v) is 24.4. The lowest BCUT2D eigenvalue weighted by Crippen LogP contribution is -2.40. The Morgan fingerprint density at radius 2 is 1.29 bits per heavy atom. The Morgan fingerprint density at radius 3 is 1.95 bits per heavy atom. The highest BCUT2D eigenvalue weighted by molar-refractivity contribution is 6.11. The van der Waals surface area contributed by atoms with Gasteiger partial charge in [0.1, 0.15) is 5.75 Å². The van der Waals surface area contributed by atoms with Crippen LogP contribution in [0.5, 0.6) is 28.7 Å². The van der Waals surface area contributed by atoms with Crippen molar-refractivity contribution in [2.24, 2.45) is 0 Å². The lowest BCUT2D eigenvalue weighted by Gasteiger charge is -2.39. The molecule has 0 N–H and O–H groups in total. The maximum absolute atomic E-state index is 14.2. The number of ether oxygens (including phenoxy) is 5. The van der Waals surface area contributed by atoms with Gasteiger partial charge in [0.25, 0.3) is 5.91 Å². The van der Waals surface area contributed by atoms with Crippen molar-refractivity contribution < 1.29 is 28.5 Å². The highest BCUT2D eigenvalue weighted by atomic mass is 16.5. The summed E-state index contributed by atoms with van der Waals surface area (Å²) in [5.41, 5.74) is 3.71. The van der Waals surface area contributed by atoms with E-state index < -0.39 is 6.04 Å². The summed E-state index contributed by atoms with van der Waals surface area (Å²) in [5.74, 6) is 3.23.